The van der Waals surface area contributed by atoms with Gasteiger partial charge in [-0.2, -0.15) is 0 Å². The van der Waals surface area contributed by atoms with Gasteiger partial charge in [-0.1, -0.05) is 32.9 Å². The van der Waals surface area contributed by atoms with Gasteiger partial charge in [0.25, 0.3) is 0 Å². The van der Waals surface area contributed by atoms with Crippen LogP contribution in [0.25, 0.3) is 0 Å². The van der Waals surface area contributed by atoms with E-state index in [-0.39, 0.29) is 34.7 Å². The van der Waals surface area contributed by atoms with Crippen LogP contribution in [0.2, 0.25) is 0 Å². The van der Waals surface area contributed by atoms with E-state index in [1.54, 1.807) is 0 Å². The summed E-state index contributed by atoms with van der Waals surface area (Å²) in [5, 5.41) is 2.87. The second-order valence-corrected chi connectivity index (χ2v) is 15.2. The highest BCUT2D eigenvalue weighted by molar-refractivity contribution is 6.18. The van der Waals surface area contributed by atoms with Crippen LogP contribution in [0.5, 0.6) is 0 Å². The predicted octanol–water partition coefficient (Wildman–Crippen LogP) is 6.79. The highest BCUT2D eigenvalue weighted by Gasteiger charge is 2.61. The Bertz CT molecular complexity index is 1170. The molecule has 9 unspecified atom stereocenters. The standard InChI is InChI=1S/C35H50Cl2N2O4/c1-22-21-35(4)25(20-31(22)41)7-10-27-28-11-12-32(34(28,3)14-13-29(27)35)43-33(42)30(38-23(2)40)19-24-5-8-26(9-6-24)39(17-15-36)18-16-37/h5-6,8-9,22,25,27-30,32H,7,10-21H2,1-4H3,(H,38,40). The van der Waals surface area contributed by atoms with Crippen LogP contribution in [-0.4, -0.2) is 54.7 Å². The molecular weight excluding hydrogens is 583 g/mol. The van der Waals surface area contributed by atoms with Gasteiger partial charge in [0, 0.05) is 61.6 Å². The Hall–Kier alpha value is -1.79. The smallest absolute Gasteiger partial charge is 0.329 e. The van der Waals surface area contributed by atoms with E-state index in [1.165, 1.54) is 13.3 Å². The van der Waals surface area contributed by atoms with E-state index < -0.39 is 6.04 Å². The Labute approximate surface area is 268 Å². The maximum Gasteiger partial charge on any atom is 0.329 e. The number of ketones is 1. The highest BCUT2D eigenvalue weighted by atomic mass is 35.5. The summed E-state index contributed by atoms with van der Waals surface area (Å²) in [5.41, 5.74) is 2.18. The lowest BCUT2D eigenvalue weighted by molar-refractivity contribution is -0.168. The lowest BCUT2D eigenvalue weighted by Gasteiger charge is -2.60. The maximum absolute atomic E-state index is 13.7. The van der Waals surface area contributed by atoms with Crippen molar-refractivity contribution in [3.05, 3.63) is 29.8 Å². The fraction of sp³-hybridized carbons (Fsp3) is 0.743. The number of halogens is 2. The number of anilines is 1. The van der Waals surface area contributed by atoms with Crippen LogP contribution < -0.4 is 10.2 Å². The molecule has 0 bridgehead atoms. The first-order chi connectivity index (χ1) is 20.5. The van der Waals surface area contributed by atoms with E-state index in [2.05, 4.69) is 31.0 Å². The number of hydrogen-bond donors (Lipinski definition) is 1. The summed E-state index contributed by atoms with van der Waals surface area (Å²) >= 11 is 12.0. The van der Waals surface area contributed by atoms with Crippen molar-refractivity contribution in [3.63, 3.8) is 0 Å². The lowest BCUT2D eigenvalue weighted by Crippen LogP contribution is -2.55. The first kappa shape index (κ1) is 32.6. The average molecular weight is 634 g/mol. The number of ether oxygens (including phenoxy) is 1. The number of Topliss-reactive ketones (excluding diaryl/α,β-unsaturated/α-hetero) is 1. The molecule has 0 heterocycles. The van der Waals surface area contributed by atoms with E-state index in [0.29, 0.717) is 60.7 Å². The number of hydrogen-bond acceptors (Lipinski definition) is 5. The molecule has 1 amide bonds. The molecule has 1 N–H and O–H groups in total. The second kappa shape index (κ2) is 13.3. The number of carbonyl (C=O) groups is 3. The molecule has 0 saturated heterocycles. The fourth-order valence-electron chi connectivity index (χ4n) is 9.86. The molecule has 9 atom stereocenters. The van der Waals surface area contributed by atoms with Crippen LogP contribution in [0, 0.1) is 40.4 Å². The van der Waals surface area contributed by atoms with Crippen LogP contribution in [0.3, 0.4) is 0 Å². The molecule has 4 saturated carbocycles. The van der Waals surface area contributed by atoms with Crippen LogP contribution >= 0.6 is 23.2 Å². The minimum Gasteiger partial charge on any atom is -0.460 e. The molecule has 0 aliphatic heterocycles. The van der Waals surface area contributed by atoms with Gasteiger partial charge in [0.05, 0.1) is 0 Å². The number of carbonyl (C=O) groups excluding carboxylic acids is 3. The minimum atomic E-state index is -0.736. The second-order valence-electron chi connectivity index (χ2n) is 14.5. The van der Waals surface area contributed by atoms with Gasteiger partial charge in [-0.15, -0.1) is 23.2 Å². The Morgan fingerprint density at radius 2 is 1.67 bits per heavy atom. The molecule has 4 fully saturated rings. The number of esters is 1. The van der Waals surface area contributed by atoms with Crippen molar-refractivity contribution < 1.29 is 19.1 Å². The minimum absolute atomic E-state index is 0.0488. The Morgan fingerprint density at radius 3 is 2.33 bits per heavy atom. The molecule has 5 rings (SSSR count). The normalized spacial score (nSPS) is 35.7. The Balaban J connectivity index is 1.26. The van der Waals surface area contributed by atoms with Crippen molar-refractivity contribution in [1.29, 1.82) is 0 Å². The van der Waals surface area contributed by atoms with Crippen molar-refractivity contribution in [2.45, 2.75) is 97.6 Å². The highest BCUT2D eigenvalue weighted by Crippen LogP contribution is 2.66. The molecule has 1 aromatic carbocycles. The number of nitrogens with one attached hydrogen (secondary N) is 1. The third-order valence-electron chi connectivity index (χ3n) is 12.1. The number of nitrogens with zero attached hydrogens (tertiary/aromatic N) is 1. The third kappa shape index (κ3) is 6.48. The van der Waals surface area contributed by atoms with Crippen molar-refractivity contribution in [3.8, 4) is 0 Å². The maximum atomic E-state index is 13.7. The molecule has 4 aliphatic rings. The summed E-state index contributed by atoms with van der Waals surface area (Å²) in [6.07, 6.45) is 8.50. The largest absolute Gasteiger partial charge is 0.460 e. The molecule has 43 heavy (non-hydrogen) atoms. The van der Waals surface area contributed by atoms with Crippen molar-refractivity contribution >= 4 is 46.5 Å². The fourth-order valence-corrected chi connectivity index (χ4v) is 10.3. The van der Waals surface area contributed by atoms with Crippen LogP contribution in [0.1, 0.15) is 84.6 Å². The lowest BCUT2D eigenvalue weighted by atomic mass is 9.44. The van der Waals surface area contributed by atoms with Crippen LogP contribution in [0.15, 0.2) is 24.3 Å². The third-order valence-corrected chi connectivity index (χ3v) is 12.4. The monoisotopic (exact) mass is 632 g/mol. The Kier molecular flexibility index (Phi) is 10.1. The molecule has 1 aromatic rings. The van der Waals surface area contributed by atoms with Gasteiger partial charge in [0.1, 0.15) is 17.9 Å². The molecule has 0 spiro atoms. The summed E-state index contributed by atoms with van der Waals surface area (Å²) in [7, 11) is 0. The summed E-state index contributed by atoms with van der Waals surface area (Å²) in [6, 6.07) is 7.29. The molecule has 0 aromatic heterocycles. The zero-order valence-corrected chi connectivity index (χ0v) is 27.9. The quantitative estimate of drug-likeness (QED) is 0.227. The number of rotatable bonds is 10. The molecule has 4 aliphatic carbocycles. The molecule has 8 heteroatoms. The summed E-state index contributed by atoms with van der Waals surface area (Å²) in [5.74, 6) is 3.40. The van der Waals surface area contributed by atoms with Gasteiger partial charge in [0.15, 0.2) is 0 Å². The van der Waals surface area contributed by atoms with Gasteiger partial charge in [-0.25, -0.2) is 4.79 Å². The summed E-state index contributed by atoms with van der Waals surface area (Å²) in [6.45, 7) is 9.81. The van der Waals surface area contributed by atoms with Crippen molar-refractivity contribution in [1.82, 2.24) is 5.32 Å². The predicted molar refractivity (Wildman–Crippen MR) is 173 cm³/mol. The average Bonchev–Trinajstić information content (AvgIpc) is 3.29. The number of benzene rings is 1. The molecular formula is C35H50Cl2N2O4. The topological polar surface area (TPSA) is 75.7 Å². The zero-order valence-electron chi connectivity index (χ0n) is 26.4. The molecule has 0 radical (unpaired) electrons. The number of alkyl halides is 2. The molecule has 6 nitrogen and oxygen atoms in total. The zero-order chi connectivity index (χ0) is 30.9. The van der Waals surface area contributed by atoms with Gasteiger partial charge in [-0.05, 0) is 91.7 Å². The van der Waals surface area contributed by atoms with Crippen LogP contribution in [-0.2, 0) is 25.5 Å². The van der Waals surface area contributed by atoms with E-state index >= 15 is 0 Å². The van der Waals surface area contributed by atoms with Gasteiger partial charge >= 0.3 is 5.97 Å². The van der Waals surface area contributed by atoms with E-state index in [9.17, 15) is 14.4 Å². The van der Waals surface area contributed by atoms with Crippen molar-refractivity contribution in [2.75, 3.05) is 29.7 Å². The first-order valence-corrected chi connectivity index (χ1v) is 17.5. The van der Waals surface area contributed by atoms with Gasteiger partial charge in [-0.3, -0.25) is 9.59 Å². The van der Waals surface area contributed by atoms with E-state index in [0.717, 1.165) is 56.2 Å². The van der Waals surface area contributed by atoms with E-state index in [4.69, 9.17) is 27.9 Å². The Morgan fingerprint density at radius 1 is 1.00 bits per heavy atom. The SMILES string of the molecule is CC(=O)NC(Cc1ccc(N(CCCl)CCCl)cc1)C(=O)OC1CCC2C3CCC4CC(=O)C(C)CC4(C)C3CCC12C. The van der Waals surface area contributed by atoms with Gasteiger partial charge in [0.2, 0.25) is 5.91 Å². The number of fused-ring (bicyclic) bond motifs is 5. The van der Waals surface area contributed by atoms with E-state index in [1.807, 2.05) is 24.3 Å². The molecule has 238 valence electrons. The van der Waals surface area contributed by atoms with Gasteiger partial charge < -0.3 is 15.0 Å². The van der Waals surface area contributed by atoms with Crippen LogP contribution in [0.4, 0.5) is 5.69 Å². The summed E-state index contributed by atoms with van der Waals surface area (Å²) in [4.78, 5) is 40.5. The summed E-state index contributed by atoms with van der Waals surface area (Å²) < 4.78 is 6.35. The first-order valence-electron chi connectivity index (χ1n) is 16.5. The van der Waals surface area contributed by atoms with Crippen molar-refractivity contribution in [2.24, 2.45) is 40.4 Å². The number of amides is 1.